The van der Waals surface area contributed by atoms with Crippen molar-refractivity contribution in [2.24, 2.45) is 41.4 Å². The summed E-state index contributed by atoms with van der Waals surface area (Å²) in [5, 5.41) is 9.68. The van der Waals surface area contributed by atoms with Gasteiger partial charge in [0.05, 0.1) is 49.3 Å². The average molecular weight is 530 g/mol. The highest BCUT2D eigenvalue weighted by molar-refractivity contribution is 5.89. The number of ether oxygens (including phenoxy) is 4. The highest BCUT2D eigenvalue weighted by Gasteiger charge is 2.39. The van der Waals surface area contributed by atoms with Crippen LogP contribution in [0.5, 0.6) is 0 Å². The monoisotopic (exact) mass is 529 g/mol. The van der Waals surface area contributed by atoms with E-state index in [0.717, 1.165) is 38.5 Å². The van der Waals surface area contributed by atoms with Gasteiger partial charge in [-0.3, -0.25) is 0 Å². The molecule has 12 atom stereocenters. The second kappa shape index (κ2) is 14.1. The molecule has 0 aromatic rings. The van der Waals surface area contributed by atoms with E-state index in [-0.39, 0.29) is 66.1 Å². The van der Waals surface area contributed by atoms with Crippen LogP contribution in [0.4, 0.5) is 0 Å². The van der Waals surface area contributed by atoms with Crippen LogP contribution in [0.1, 0.15) is 80.1 Å². The van der Waals surface area contributed by atoms with E-state index in [0.29, 0.717) is 17.4 Å². The van der Waals surface area contributed by atoms with Crippen molar-refractivity contribution in [1.29, 1.82) is 5.26 Å². The third kappa shape index (κ3) is 7.29. The number of nitrogens with zero attached hydrogens (tertiary/aromatic N) is 1. The first kappa shape index (κ1) is 30.9. The molecule has 1 aliphatic carbocycles. The van der Waals surface area contributed by atoms with Gasteiger partial charge in [-0.1, -0.05) is 58.8 Å². The predicted molar refractivity (Wildman–Crippen MR) is 149 cm³/mol. The molecular formula is C32H51NO5. The fraction of sp³-hybridized carbons (Fsp3) is 0.812. The zero-order chi connectivity index (χ0) is 28.0. The molecule has 0 unspecified atom stereocenters. The molecule has 6 heteroatoms. The summed E-state index contributed by atoms with van der Waals surface area (Å²) in [7, 11) is 3.19. The Kier molecular flexibility index (Phi) is 11.4. The maximum atomic E-state index is 13.1. The van der Waals surface area contributed by atoms with Crippen LogP contribution in [0, 0.1) is 52.8 Å². The first-order valence-corrected chi connectivity index (χ1v) is 14.8. The first-order valence-electron chi connectivity index (χ1n) is 14.8. The smallest absolute Gasteiger partial charge is 0.336 e. The molecule has 3 rings (SSSR count). The molecule has 0 aromatic carbocycles. The van der Waals surface area contributed by atoms with Crippen LogP contribution in [0.25, 0.3) is 0 Å². The van der Waals surface area contributed by atoms with Gasteiger partial charge in [0.1, 0.15) is 0 Å². The SMILES string of the molecule is COC(=O)/C(=C\[C@H]1CCC[C@@H](C)[C@@H]1[C@H](C)C#N)[C@@H]1O[C@H](/C=C/[C@H](C)[C@@H]2O[C@@H]([C@H](C)OC)C[C@@H]2C)CC[C@H]1C. The topological polar surface area (TPSA) is 77.8 Å². The molecule has 3 fully saturated rings. The molecule has 0 bridgehead atoms. The number of esters is 1. The Morgan fingerprint density at radius 2 is 1.74 bits per heavy atom. The predicted octanol–water partition coefficient (Wildman–Crippen LogP) is 6.50. The van der Waals surface area contributed by atoms with Gasteiger partial charge in [-0.05, 0) is 69.1 Å². The minimum atomic E-state index is -0.315. The summed E-state index contributed by atoms with van der Waals surface area (Å²) in [4.78, 5) is 13.1. The van der Waals surface area contributed by atoms with Crippen LogP contribution in [0.3, 0.4) is 0 Å². The van der Waals surface area contributed by atoms with Gasteiger partial charge in [-0.15, -0.1) is 0 Å². The number of rotatable bonds is 9. The normalized spacial score (nSPS) is 38.9. The number of carbonyl (C=O) groups is 1. The summed E-state index contributed by atoms with van der Waals surface area (Å²) >= 11 is 0. The number of hydrogen-bond donors (Lipinski definition) is 0. The van der Waals surface area contributed by atoms with Gasteiger partial charge in [-0.25, -0.2) is 4.79 Å². The van der Waals surface area contributed by atoms with Gasteiger partial charge >= 0.3 is 5.97 Å². The van der Waals surface area contributed by atoms with Gasteiger partial charge in [0.2, 0.25) is 0 Å². The van der Waals surface area contributed by atoms with E-state index in [1.165, 1.54) is 7.11 Å². The van der Waals surface area contributed by atoms with E-state index in [2.05, 4.69) is 58.9 Å². The Hall–Kier alpha value is -1.68. The van der Waals surface area contributed by atoms with E-state index >= 15 is 0 Å². The largest absolute Gasteiger partial charge is 0.466 e. The molecule has 2 aliphatic heterocycles. The van der Waals surface area contributed by atoms with Crippen LogP contribution in [0.2, 0.25) is 0 Å². The summed E-state index contributed by atoms with van der Waals surface area (Å²) in [6.07, 6.45) is 12.7. The van der Waals surface area contributed by atoms with Crippen molar-refractivity contribution in [3.8, 4) is 6.07 Å². The molecule has 0 amide bonds. The molecule has 0 spiro atoms. The quantitative estimate of drug-likeness (QED) is 0.193. The van der Waals surface area contributed by atoms with Gasteiger partial charge in [-0.2, -0.15) is 5.26 Å². The van der Waals surface area contributed by atoms with Crippen molar-refractivity contribution in [1.82, 2.24) is 0 Å². The molecule has 2 saturated heterocycles. The second-order valence-corrected chi connectivity index (χ2v) is 12.4. The lowest BCUT2D eigenvalue weighted by Gasteiger charge is -2.39. The van der Waals surface area contributed by atoms with Crippen LogP contribution < -0.4 is 0 Å². The highest BCUT2D eigenvalue weighted by Crippen LogP contribution is 2.42. The van der Waals surface area contributed by atoms with Gasteiger partial charge in [0.25, 0.3) is 0 Å². The summed E-state index contributed by atoms with van der Waals surface area (Å²) < 4.78 is 23.7. The Balaban J connectivity index is 1.76. The van der Waals surface area contributed by atoms with Crippen LogP contribution in [-0.4, -0.2) is 50.7 Å². The number of hydrogen-bond acceptors (Lipinski definition) is 6. The second-order valence-electron chi connectivity index (χ2n) is 12.4. The summed E-state index contributed by atoms with van der Waals surface area (Å²) in [5.41, 5.74) is 0.629. The maximum Gasteiger partial charge on any atom is 0.336 e. The van der Waals surface area contributed by atoms with E-state index < -0.39 is 0 Å². The Labute approximate surface area is 231 Å². The molecule has 38 heavy (non-hydrogen) atoms. The average Bonchev–Trinajstić information content (AvgIpc) is 3.31. The zero-order valence-corrected chi connectivity index (χ0v) is 24.9. The molecule has 0 radical (unpaired) electrons. The Morgan fingerprint density at radius 3 is 2.39 bits per heavy atom. The van der Waals surface area contributed by atoms with Gasteiger partial charge in [0.15, 0.2) is 0 Å². The zero-order valence-electron chi connectivity index (χ0n) is 24.9. The molecule has 0 N–H and O–H groups in total. The van der Waals surface area contributed by atoms with Gasteiger partial charge in [0, 0.05) is 18.9 Å². The fourth-order valence-electron chi connectivity index (χ4n) is 7.14. The van der Waals surface area contributed by atoms with E-state index in [9.17, 15) is 10.1 Å². The number of carbonyl (C=O) groups excluding carboxylic acids is 1. The molecule has 0 aromatic heterocycles. The molecule has 214 valence electrons. The lowest BCUT2D eigenvalue weighted by Crippen LogP contribution is -2.38. The Bertz CT molecular complexity index is 878. The Morgan fingerprint density at radius 1 is 1.00 bits per heavy atom. The molecule has 2 heterocycles. The fourth-order valence-corrected chi connectivity index (χ4v) is 7.14. The maximum absolute atomic E-state index is 13.1. The number of nitriles is 1. The lowest BCUT2D eigenvalue weighted by atomic mass is 9.67. The van der Waals surface area contributed by atoms with Crippen LogP contribution in [-0.2, 0) is 23.7 Å². The molecule has 3 aliphatic rings. The lowest BCUT2D eigenvalue weighted by molar-refractivity contribution is -0.139. The molecule has 6 nitrogen and oxygen atoms in total. The van der Waals surface area contributed by atoms with Crippen LogP contribution >= 0.6 is 0 Å². The van der Waals surface area contributed by atoms with Crippen molar-refractivity contribution >= 4 is 5.97 Å². The van der Waals surface area contributed by atoms with Crippen molar-refractivity contribution in [2.45, 2.75) is 111 Å². The van der Waals surface area contributed by atoms with Gasteiger partial charge < -0.3 is 18.9 Å². The van der Waals surface area contributed by atoms with Crippen molar-refractivity contribution in [3.05, 3.63) is 23.8 Å². The van der Waals surface area contributed by atoms with E-state index in [1.54, 1.807) is 7.11 Å². The van der Waals surface area contributed by atoms with E-state index in [1.807, 2.05) is 6.92 Å². The van der Waals surface area contributed by atoms with Crippen molar-refractivity contribution in [2.75, 3.05) is 14.2 Å². The van der Waals surface area contributed by atoms with E-state index in [4.69, 9.17) is 18.9 Å². The number of allylic oxidation sites excluding steroid dienone is 1. The highest BCUT2D eigenvalue weighted by atomic mass is 16.5. The van der Waals surface area contributed by atoms with Crippen molar-refractivity contribution < 1.29 is 23.7 Å². The summed E-state index contributed by atoms with van der Waals surface area (Å²) in [6, 6.07) is 2.47. The minimum Gasteiger partial charge on any atom is -0.466 e. The number of methoxy groups -OCH3 is 2. The molecular weight excluding hydrogens is 478 g/mol. The third-order valence-corrected chi connectivity index (χ3v) is 9.54. The summed E-state index contributed by atoms with van der Waals surface area (Å²) in [5.74, 6) is 1.43. The molecule has 1 saturated carbocycles. The van der Waals surface area contributed by atoms with Crippen molar-refractivity contribution in [3.63, 3.8) is 0 Å². The standard InChI is InChI=1S/C32H51NO5/c1-19-10-9-11-25(29(19)23(5)18-33)17-27(32(34)36-8)31-21(3)13-15-26(37-31)14-12-20(2)30-22(4)16-28(38-30)24(6)35-7/h12,14,17,19-26,28-31H,9-11,13,15-16H2,1-8H3/b14-12+,27-17-/t19-,20+,21-,22+,23-,24+,25-,26-,28-,29-,30+,31-/m1/s1. The summed E-state index contributed by atoms with van der Waals surface area (Å²) in [6.45, 7) is 13.0. The van der Waals surface area contributed by atoms with Crippen LogP contribution in [0.15, 0.2) is 23.8 Å². The first-order chi connectivity index (χ1) is 18.1. The minimum absolute atomic E-state index is 0.0565. The third-order valence-electron chi connectivity index (χ3n) is 9.54.